The summed E-state index contributed by atoms with van der Waals surface area (Å²) in [7, 11) is 0. The van der Waals surface area contributed by atoms with Crippen LogP contribution in [0.4, 0.5) is 10.5 Å². The fourth-order valence-electron chi connectivity index (χ4n) is 1.80. The molecule has 0 radical (unpaired) electrons. The number of rotatable bonds is 2. The van der Waals surface area contributed by atoms with Crippen molar-refractivity contribution in [3.8, 4) is 0 Å². The largest absolute Gasteiger partial charge is 0.386 e. The van der Waals surface area contributed by atoms with Crippen LogP contribution in [0.15, 0.2) is 24.3 Å². The lowest BCUT2D eigenvalue weighted by molar-refractivity contribution is -0.0755. The van der Waals surface area contributed by atoms with Crippen molar-refractivity contribution < 1.29 is 9.90 Å². The summed E-state index contributed by atoms with van der Waals surface area (Å²) < 4.78 is 0. The molecule has 17 heavy (non-hydrogen) atoms. The monoisotopic (exact) mass is 254 g/mol. The van der Waals surface area contributed by atoms with Gasteiger partial charge in [-0.25, -0.2) is 4.79 Å². The molecular weight excluding hydrogens is 240 g/mol. The number of benzene rings is 1. The first-order valence-electron chi connectivity index (χ1n) is 5.56. The molecule has 2 rings (SSSR count). The first-order valence-corrected chi connectivity index (χ1v) is 5.94. The number of halogens is 1. The molecule has 1 aromatic rings. The number of anilines is 1. The quantitative estimate of drug-likeness (QED) is 0.851. The van der Waals surface area contributed by atoms with Crippen LogP contribution in [0.1, 0.15) is 13.3 Å². The van der Waals surface area contributed by atoms with Crippen molar-refractivity contribution in [3.63, 3.8) is 0 Å². The fraction of sp³-hybridized carbons (Fsp3) is 0.417. The maximum atomic E-state index is 11.8. The van der Waals surface area contributed by atoms with E-state index in [0.717, 1.165) is 0 Å². The number of carbonyl (C=O) groups excluding carboxylic acids is 1. The molecule has 2 N–H and O–H groups in total. The summed E-state index contributed by atoms with van der Waals surface area (Å²) in [5.74, 6) is 0. The topological polar surface area (TPSA) is 52.6 Å². The van der Waals surface area contributed by atoms with Crippen LogP contribution >= 0.6 is 11.6 Å². The predicted octanol–water partition coefficient (Wildman–Crippen LogP) is 2.33. The Morgan fingerprint density at radius 1 is 1.59 bits per heavy atom. The molecule has 0 spiro atoms. The predicted molar refractivity (Wildman–Crippen MR) is 67.3 cm³/mol. The highest BCUT2D eigenvalue weighted by Gasteiger charge is 2.41. The van der Waals surface area contributed by atoms with E-state index < -0.39 is 5.60 Å². The van der Waals surface area contributed by atoms with E-state index in [-0.39, 0.29) is 6.03 Å². The highest BCUT2D eigenvalue weighted by atomic mass is 35.5. The van der Waals surface area contributed by atoms with Gasteiger partial charge in [0.1, 0.15) is 0 Å². The highest BCUT2D eigenvalue weighted by molar-refractivity contribution is 6.30. The van der Waals surface area contributed by atoms with Gasteiger partial charge in [0.2, 0.25) is 0 Å². The Balaban J connectivity index is 1.91. The van der Waals surface area contributed by atoms with Gasteiger partial charge in [-0.15, -0.1) is 0 Å². The van der Waals surface area contributed by atoms with Crippen molar-refractivity contribution in [3.05, 3.63) is 29.3 Å². The van der Waals surface area contributed by atoms with Crippen LogP contribution in [0.5, 0.6) is 0 Å². The zero-order chi connectivity index (χ0) is 12.5. The zero-order valence-corrected chi connectivity index (χ0v) is 10.4. The normalized spacial score (nSPS) is 17.5. The lowest BCUT2D eigenvalue weighted by Crippen LogP contribution is -2.63. The van der Waals surface area contributed by atoms with Gasteiger partial charge in [0.05, 0.1) is 18.7 Å². The minimum atomic E-state index is -0.703. The summed E-state index contributed by atoms with van der Waals surface area (Å²) in [5.41, 5.74) is -0.0412. The molecule has 2 amide bonds. The number of hydrogen-bond donors (Lipinski definition) is 2. The maximum absolute atomic E-state index is 11.8. The Bertz CT molecular complexity index is 430. The molecule has 1 saturated heterocycles. The second-order valence-corrected chi connectivity index (χ2v) is 4.81. The Kier molecular flexibility index (Phi) is 3.26. The second-order valence-electron chi connectivity index (χ2n) is 4.37. The number of β-amino-alcohol motifs (C(OH)–C–C–N with tert-alkyl or cyclic N) is 1. The number of nitrogens with one attached hydrogen (secondary N) is 1. The summed E-state index contributed by atoms with van der Waals surface area (Å²) in [6.45, 7) is 2.68. The summed E-state index contributed by atoms with van der Waals surface area (Å²) in [6, 6.07) is 6.78. The summed E-state index contributed by atoms with van der Waals surface area (Å²) in [5, 5.41) is 13.1. The van der Waals surface area contributed by atoms with Gasteiger partial charge in [0.25, 0.3) is 0 Å². The van der Waals surface area contributed by atoms with E-state index in [9.17, 15) is 9.90 Å². The van der Waals surface area contributed by atoms with Gasteiger partial charge in [-0.05, 0) is 24.6 Å². The van der Waals surface area contributed by atoms with E-state index in [2.05, 4.69) is 5.32 Å². The Morgan fingerprint density at radius 2 is 2.29 bits per heavy atom. The Morgan fingerprint density at radius 3 is 2.88 bits per heavy atom. The standard InChI is InChI=1S/C12H15ClN2O2/c1-2-12(17)7-15(8-12)11(16)14-10-5-3-4-9(13)6-10/h3-6,17H,2,7-8H2,1H3,(H,14,16). The molecule has 1 aliphatic rings. The van der Waals surface area contributed by atoms with Gasteiger partial charge >= 0.3 is 6.03 Å². The van der Waals surface area contributed by atoms with Crippen molar-refractivity contribution in [2.75, 3.05) is 18.4 Å². The van der Waals surface area contributed by atoms with Crippen molar-refractivity contribution in [1.29, 1.82) is 0 Å². The van der Waals surface area contributed by atoms with Crippen LogP contribution in [0.25, 0.3) is 0 Å². The van der Waals surface area contributed by atoms with Gasteiger partial charge < -0.3 is 15.3 Å². The molecule has 5 heteroatoms. The molecule has 4 nitrogen and oxygen atoms in total. The minimum absolute atomic E-state index is 0.203. The van der Waals surface area contributed by atoms with Gasteiger partial charge in [-0.3, -0.25) is 0 Å². The van der Waals surface area contributed by atoms with E-state index in [1.165, 1.54) is 0 Å². The SMILES string of the molecule is CCC1(O)CN(C(=O)Nc2cccc(Cl)c2)C1. The molecule has 1 fully saturated rings. The third-order valence-corrected chi connectivity index (χ3v) is 3.23. The van der Waals surface area contributed by atoms with Crippen LogP contribution in [-0.4, -0.2) is 34.7 Å². The molecular formula is C12H15ClN2O2. The first kappa shape index (κ1) is 12.2. The maximum Gasteiger partial charge on any atom is 0.322 e. The average Bonchev–Trinajstić information content (AvgIpc) is 2.24. The van der Waals surface area contributed by atoms with Crippen molar-refractivity contribution in [2.45, 2.75) is 18.9 Å². The van der Waals surface area contributed by atoms with E-state index in [0.29, 0.717) is 30.2 Å². The summed E-state index contributed by atoms with van der Waals surface area (Å²) in [6.07, 6.45) is 0.661. The summed E-state index contributed by atoms with van der Waals surface area (Å²) in [4.78, 5) is 13.3. The van der Waals surface area contributed by atoms with Gasteiger partial charge in [-0.2, -0.15) is 0 Å². The number of amides is 2. The molecule has 0 bridgehead atoms. The lowest BCUT2D eigenvalue weighted by Gasteiger charge is -2.45. The Hall–Kier alpha value is -1.26. The zero-order valence-electron chi connectivity index (χ0n) is 9.61. The van der Waals surface area contributed by atoms with Crippen LogP contribution < -0.4 is 5.32 Å². The van der Waals surface area contributed by atoms with Crippen molar-refractivity contribution >= 4 is 23.3 Å². The van der Waals surface area contributed by atoms with Gasteiger partial charge in [0, 0.05) is 10.7 Å². The third kappa shape index (κ3) is 2.70. The molecule has 0 saturated carbocycles. The minimum Gasteiger partial charge on any atom is -0.386 e. The number of aliphatic hydroxyl groups is 1. The van der Waals surface area contributed by atoms with Crippen LogP contribution in [0, 0.1) is 0 Å². The number of carbonyl (C=O) groups is 1. The lowest BCUT2D eigenvalue weighted by atomic mass is 9.92. The van der Waals surface area contributed by atoms with Crippen LogP contribution in [-0.2, 0) is 0 Å². The fourth-order valence-corrected chi connectivity index (χ4v) is 1.99. The number of nitrogens with zero attached hydrogens (tertiary/aromatic N) is 1. The molecule has 1 aliphatic heterocycles. The number of likely N-dealkylation sites (tertiary alicyclic amines) is 1. The van der Waals surface area contributed by atoms with E-state index in [4.69, 9.17) is 11.6 Å². The number of urea groups is 1. The van der Waals surface area contributed by atoms with Gasteiger partial charge in [-0.1, -0.05) is 24.6 Å². The highest BCUT2D eigenvalue weighted by Crippen LogP contribution is 2.25. The molecule has 0 aromatic heterocycles. The van der Waals surface area contributed by atoms with Crippen LogP contribution in [0.3, 0.4) is 0 Å². The van der Waals surface area contributed by atoms with E-state index in [1.54, 1.807) is 29.2 Å². The van der Waals surface area contributed by atoms with Crippen molar-refractivity contribution in [1.82, 2.24) is 4.90 Å². The average molecular weight is 255 g/mol. The Labute approximate surface area is 105 Å². The van der Waals surface area contributed by atoms with E-state index >= 15 is 0 Å². The number of hydrogen-bond acceptors (Lipinski definition) is 2. The third-order valence-electron chi connectivity index (χ3n) is 2.99. The first-order chi connectivity index (χ1) is 8.02. The molecule has 1 heterocycles. The van der Waals surface area contributed by atoms with E-state index in [1.807, 2.05) is 6.92 Å². The molecule has 92 valence electrons. The second kappa shape index (κ2) is 4.55. The van der Waals surface area contributed by atoms with Crippen molar-refractivity contribution in [2.24, 2.45) is 0 Å². The summed E-state index contributed by atoms with van der Waals surface area (Å²) >= 11 is 5.82. The molecule has 0 aliphatic carbocycles. The molecule has 1 aromatic carbocycles. The van der Waals surface area contributed by atoms with Crippen LogP contribution in [0.2, 0.25) is 5.02 Å². The van der Waals surface area contributed by atoms with Gasteiger partial charge in [0.15, 0.2) is 0 Å². The smallest absolute Gasteiger partial charge is 0.322 e. The molecule has 0 atom stereocenters. The molecule has 0 unspecified atom stereocenters.